The van der Waals surface area contributed by atoms with Gasteiger partial charge in [0.2, 0.25) is 0 Å². The van der Waals surface area contributed by atoms with E-state index in [1.54, 1.807) is 18.2 Å². The van der Waals surface area contributed by atoms with E-state index in [0.29, 0.717) is 23.5 Å². The van der Waals surface area contributed by atoms with Crippen LogP contribution in [0.25, 0.3) is 0 Å². The molecule has 1 saturated carbocycles. The number of nitrogen functional groups attached to an aromatic ring is 1. The Balaban J connectivity index is 2.13. The van der Waals surface area contributed by atoms with Crippen LogP contribution in [0, 0.1) is 5.92 Å². The molecule has 0 aromatic carbocycles. The Bertz CT molecular complexity index is 433. The Morgan fingerprint density at radius 1 is 1.39 bits per heavy atom. The molecule has 0 aliphatic heterocycles. The highest BCUT2D eigenvalue weighted by Crippen LogP contribution is 2.28. The van der Waals surface area contributed by atoms with Crippen molar-refractivity contribution in [2.75, 3.05) is 12.8 Å². The van der Waals surface area contributed by atoms with Crippen LogP contribution in [-0.4, -0.2) is 28.9 Å². The molecule has 1 aromatic heterocycles. The number of nitrogens with zero attached hydrogens (tertiary/aromatic N) is 2. The van der Waals surface area contributed by atoms with Crippen molar-refractivity contribution in [1.82, 2.24) is 9.88 Å². The molecule has 1 amide bonds. The molecule has 4 nitrogen and oxygen atoms in total. The minimum atomic E-state index is -0.0268. The first-order valence-electron chi connectivity index (χ1n) is 6.59. The molecule has 1 aliphatic rings. The number of amides is 1. The van der Waals surface area contributed by atoms with Crippen molar-refractivity contribution in [3.05, 3.63) is 23.9 Å². The largest absolute Gasteiger partial charge is 0.384 e. The molecule has 0 spiro atoms. The number of hydrogen-bond donors (Lipinski definition) is 1. The molecule has 1 aliphatic carbocycles. The summed E-state index contributed by atoms with van der Waals surface area (Å²) in [4.78, 5) is 18.3. The predicted molar refractivity (Wildman–Crippen MR) is 72.2 cm³/mol. The number of carbonyl (C=O) groups excluding carboxylic acids is 1. The van der Waals surface area contributed by atoms with Crippen molar-refractivity contribution in [3.8, 4) is 0 Å². The van der Waals surface area contributed by atoms with E-state index in [-0.39, 0.29) is 5.91 Å². The zero-order chi connectivity index (χ0) is 13.1. The van der Waals surface area contributed by atoms with E-state index in [4.69, 9.17) is 5.73 Å². The molecule has 2 atom stereocenters. The number of nitrogens with two attached hydrogens (primary N) is 1. The smallest absolute Gasteiger partial charge is 0.272 e. The van der Waals surface area contributed by atoms with E-state index in [2.05, 4.69) is 11.9 Å². The van der Waals surface area contributed by atoms with Crippen LogP contribution in [0.2, 0.25) is 0 Å². The molecule has 1 heterocycles. The minimum Gasteiger partial charge on any atom is -0.384 e. The molecule has 2 rings (SSSR count). The fraction of sp³-hybridized carbons (Fsp3) is 0.571. The molecular weight excluding hydrogens is 226 g/mol. The van der Waals surface area contributed by atoms with Crippen LogP contribution in [0.4, 0.5) is 5.82 Å². The second kappa shape index (κ2) is 5.38. The Hall–Kier alpha value is -1.58. The van der Waals surface area contributed by atoms with E-state index in [1.165, 1.54) is 19.3 Å². The van der Waals surface area contributed by atoms with Gasteiger partial charge in [0.25, 0.3) is 5.91 Å². The molecule has 18 heavy (non-hydrogen) atoms. The molecule has 1 fully saturated rings. The summed E-state index contributed by atoms with van der Waals surface area (Å²) in [5.74, 6) is 0.931. The third kappa shape index (κ3) is 2.63. The molecule has 0 bridgehead atoms. The normalized spacial score (nSPS) is 23.7. The SMILES string of the molecule is CC1CCCCC1N(C)C(=O)c1cccc(N)n1. The summed E-state index contributed by atoms with van der Waals surface area (Å²) in [6, 6.07) is 5.52. The quantitative estimate of drug-likeness (QED) is 0.872. The molecular formula is C14H21N3O. The molecule has 0 radical (unpaired) electrons. The van der Waals surface area contributed by atoms with E-state index in [1.807, 2.05) is 11.9 Å². The zero-order valence-electron chi connectivity index (χ0n) is 11.1. The van der Waals surface area contributed by atoms with Crippen LogP contribution in [0.15, 0.2) is 18.2 Å². The van der Waals surface area contributed by atoms with E-state index in [0.717, 1.165) is 6.42 Å². The first-order valence-corrected chi connectivity index (χ1v) is 6.59. The standard InChI is InChI=1S/C14H21N3O/c1-10-6-3-4-8-12(10)17(2)14(18)11-7-5-9-13(15)16-11/h5,7,9-10,12H,3-4,6,8H2,1-2H3,(H2,15,16). The molecule has 1 aromatic rings. The van der Waals surface area contributed by atoms with Gasteiger partial charge in [-0.05, 0) is 30.9 Å². The highest BCUT2D eigenvalue weighted by molar-refractivity contribution is 5.92. The number of rotatable bonds is 2. The van der Waals surface area contributed by atoms with Crippen LogP contribution in [-0.2, 0) is 0 Å². The van der Waals surface area contributed by atoms with Gasteiger partial charge in [-0.15, -0.1) is 0 Å². The van der Waals surface area contributed by atoms with Gasteiger partial charge in [0.1, 0.15) is 11.5 Å². The van der Waals surface area contributed by atoms with Crippen LogP contribution < -0.4 is 5.73 Å². The highest BCUT2D eigenvalue weighted by atomic mass is 16.2. The lowest BCUT2D eigenvalue weighted by atomic mass is 9.85. The molecule has 4 heteroatoms. The van der Waals surface area contributed by atoms with Crippen molar-refractivity contribution in [3.63, 3.8) is 0 Å². The third-order valence-corrected chi connectivity index (χ3v) is 3.87. The molecule has 0 saturated heterocycles. The van der Waals surface area contributed by atoms with Gasteiger partial charge in [0.05, 0.1) is 0 Å². The Kier molecular flexibility index (Phi) is 3.84. The maximum Gasteiger partial charge on any atom is 0.272 e. The van der Waals surface area contributed by atoms with Gasteiger partial charge < -0.3 is 10.6 Å². The first kappa shape index (κ1) is 12.9. The van der Waals surface area contributed by atoms with Gasteiger partial charge in [0.15, 0.2) is 0 Å². The summed E-state index contributed by atoms with van der Waals surface area (Å²) in [5, 5.41) is 0. The van der Waals surface area contributed by atoms with Crippen molar-refractivity contribution in [2.24, 2.45) is 5.92 Å². The summed E-state index contributed by atoms with van der Waals surface area (Å²) in [7, 11) is 1.87. The van der Waals surface area contributed by atoms with Crippen molar-refractivity contribution in [1.29, 1.82) is 0 Å². The Labute approximate surface area is 108 Å². The van der Waals surface area contributed by atoms with Gasteiger partial charge in [0, 0.05) is 13.1 Å². The Morgan fingerprint density at radius 2 is 2.11 bits per heavy atom. The third-order valence-electron chi connectivity index (χ3n) is 3.87. The summed E-state index contributed by atoms with van der Waals surface area (Å²) < 4.78 is 0. The second-order valence-corrected chi connectivity index (χ2v) is 5.19. The van der Waals surface area contributed by atoms with E-state index in [9.17, 15) is 4.79 Å². The summed E-state index contributed by atoms with van der Waals surface area (Å²) in [5.41, 5.74) is 6.06. The summed E-state index contributed by atoms with van der Waals surface area (Å²) in [6.07, 6.45) is 4.77. The van der Waals surface area contributed by atoms with E-state index < -0.39 is 0 Å². The molecule has 2 N–H and O–H groups in total. The van der Waals surface area contributed by atoms with Gasteiger partial charge in [-0.1, -0.05) is 25.8 Å². The van der Waals surface area contributed by atoms with Gasteiger partial charge in [-0.3, -0.25) is 4.79 Å². The number of hydrogen-bond acceptors (Lipinski definition) is 3. The summed E-state index contributed by atoms with van der Waals surface area (Å²) in [6.45, 7) is 2.22. The second-order valence-electron chi connectivity index (χ2n) is 5.19. The van der Waals surface area contributed by atoms with Crippen molar-refractivity contribution in [2.45, 2.75) is 38.6 Å². The van der Waals surface area contributed by atoms with Crippen molar-refractivity contribution < 1.29 is 4.79 Å². The first-order chi connectivity index (χ1) is 8.59. The van der Waals surface area contributed by atoms with Crippen LogP contribution in [0.5, 0.6) is 0 Å². The lowest BCUT2D eigenvalue weighted by Gasteiger charge is -2.36. The monoisotopic (exact) mass is 247 g/mol. The zero-order valence-corrected chi connectivity index (χ0v) is 11.1. The fourth-order valence-electron chi connectivity index (χ4n) is 2.77. The van der Waals surface area contributed by atoms with Gasteiger partial charge in [-0.25, -0.2) is 4.98 Å². The van der Waals surface area contributed by atoms with Gasteiger partial charge >= 0.3 is 0 Å². The highest BCUT2D eigenvalue weighted by Gasteiger charge is 2.28. The lowest BCUT2D eigenvalue weighted by Crippen LogP contribution is -2.42. The van der Waals surface area contributed by atoms with E-state index >= 15 is 0 Å². The van der Waals surface area contributed by atoms with Crippen LogP contribution >= 0.6 is 0 Å². The lowest BCUT2D eigenvalue weighted by molar-refractivity contribution is 0.0623. The summed E-state index contributed by atoms with van der Waals surface area (Å²) >= 11 is 0. The number of anilines is 1. The van der Waals surface area contributed by atoms with Crippen molar-refractivity contribution >= 4 is 11.7 Å². The predicted octanol–water partition coefficient (Wildman–Crippen LogP) is 2.31. The number of aromatic nitrogens is 1. The minimum absolute atomic E-state index is 0.0268. The van der Waals surface area contributed by atoms with Crippen LogP contribution in [0.1, 0.15) is 43.1 Å². The average molecular weight is 247 g/mol. The van der Waals surface area contributed by atoms with Gasteiger partial charge in [-0.2, -0.15) is 0 Å². The average Bonchev–Trinajstić information content (AvgIpc) is 2.37. The maximum absolute atomic E-state index is 12.3. The Morgan fingerprint density at radius 3 is 2.78 bits per heavy atom. The maximum atomic E-state index is 12.3. The molecule has 2 unspecified atom stereocenters. The number of pyridine rings is 1. The molecule has 98 valence electrons. The topological polar surface area (TPSA) is 59.2 Å². The number of carbonyl (C=O) groups is 1. The fourth-order valence-corrected chi connectivity index (χ4v) is 2.77. The van der Waals surface area contributed by atoms with Crippen LogP contribution in [0.3, 0.4) is 0 Å².